The lowest BCUT2D eigenvalue weighted by atomic mass is 9.31. The lowest BCUT2D eigenvalue weighted by molar-refractivity contribution is 1.21. The summed E-state index contributed by atoms with van der Waals surface area (Å²) < 4.78 is 0. The predicted octanol–water partition coefficient (Wildman–Crippen LogP) is 19.5. The summed E-state index contributed by atoms with van der Waals surface area (Å²) in [6, 6.07) is 124. The van der Waals surface area contributed by atoms with E-state index in [4.69, 9.17) is 0 Å². The standard InChI is InChI=1S/C85H58B2N4S2/c1-57-27-26-41-69(61-32-12-4-13-33-61)85(57)91-76-56-80-73(87-71-43-22-25-46-79(71)92-81-53-67(54-82(93-80)84(81)87)88(62-34-14-5-15-35-62)63-36-16-6-17-37-63)55-72(76)86-70-42-21-24-45-75(70)90(64-38-18-7-19-39-64)77-51-66(52-78(91)83(77)86)89(65-49-47-59(48-50-65)58-28-8-2-9-29-58)74-44-23-20-40-68(74)60-30-10-3-11-31-60/h2-56H,1H3. The Hall–Kier alpha value is -10.9. The quantitative estimate of drug-likeness (QED) is 0.119. The molecular formula is C85H58B2N4S2. The minimum atomic E-state index is -0.150. The van der Waals surface area contributed by atoms with Gasteiger partial charge in [-0.1, -0.05) is 271 Å². The molecule has 436 valence electrons. The molecule has 0 atom stereocenters. The van der Waals surface area contributed by atoms with Crippen LogP contribution in [0, 0.1) is 6.92 Å². The summed E-state index contributed by atoms with van der Waals surface area (Å²) in [6.45, 7) is 2.15. The SMILES string of the molecule is Cc1cccc(-c2ccccc2)c1N1c2cc3c(cc2B2c4ccccc4N(c4ccccc4)c4cc(N(c5ccc(-c6ccccc6)cc5)c5ccccc5-c5ccccc5)cc1c42)B1c2ccccc2Sc2cc(N(c4ccccc4)c4ccccc4)cc(c21)S3. The lowest BCUT2D eigenvalue weighted by Gasteiger charge is -2.46. The molecule has 0 aliphatic carbocycles. The summed E-state index contributed by atoms with van der Waals surface area (Å²) in [6.07, 6.45) is 0. The molecule has 0 spiro atoms. The molecule has 4 nitrogen and oxygen atoms in total. The van der Waals surface area contributed by atoms with Crippen LogP contribution in [0.3, 0.4) is 0 Å². The molecule has 4 aliphatic heterocycles. The Labute approximate surface area is 552 Å². The molecule has 18 rings (SSSR count). The van der Waals surface area contributed by atoms with Gasteiger partial charge in [-0.3, -0.25) is 0 Å². The van der Waals surface area contributed by atoms with Crippen LogP contribution in [0.25, 0.3) is 33.4 Å². The first kappa shape index (κ1) is 55.0. The van der Waals surface area contributed by atoms with Crippen LogP contribution in [0.4, 0.5) is 68.2 Å². The molecule has 0 radical (unpaired) electrons. The zero-order valence-corrected chi connectivity index (χ0v) is 52.6. The van der Waals surface area contributed by atoms with E-state index in [0.717, 1.165) is 79.1 Å². The molecule has 4 heterocycles. The molecule has 0 amide bonds. The summed E-state index contributed by atoms with van der Waals surface area (Å²) in [5, 5.41) is 0. The highest BCUT2D eigenvalue weighted by Gasteiger charge is 2.47. The highest BCUT2D eigenvalue weighted by molar-refractivity contribution is 8.01. The van der Waals surface area contributed by atoms with E-state index in [1.165, 1.54) is 80.4 Å². The van der Waals surface area contributed by atoms with Crippen LogP contribution in [0.5, 0.6) is 0 Å². The second-order valence-corrected chi connectivity index (χ2v) is 26.5. The average molecular weight is 1220 g/mol. The maximum Gasteiger partial charge on any atom is 0.252 e. The molecule has 0 unspecified atom stereocenters. The predicted molar refractivity (Wildman–Crippen MR) is 397 cm³/mol. The van der Waals surface area contributed by atoms with Gasteiger partial charge in [0.2, 0.25) is 6.71 Å². The molecule has 0 fully saturated rings. The molecule has 4 aliphatic rings. The van der Waals surface area contributed by atoms with Crippen molar-refractivity contribution < 1.29 is 0 Å². The monoisotopic (exact) mass is 1220 g/mol. The van der Waals surface area contributed by atoms with Gasteiger partial charge in [0.15, 0.2) is 0 Å². The van der Waals surface area contributed by atoms with Crippen molar-refractivity contribution >= 4 is 138 Å². The van der Waals surface area contributed by atoms with Gasteiger partial charge in [0.05, 0.1) is 17.1 Å². The number of hydrogen-bond acceptors (Lipinski definition) is 6. The molecule has 0 saturated carbocycles. The Morgan fingerprint density at radius 1 is 0.280 bits per heavy atom. The van der Waals surface area contributed by atoms with E-state index in [1.807, 2.05) is 23.5 Å². The van der Waals surface area contributed by atoms with Crippen molar-refractivity contribution in [2.24, 2.45) is 0 Å². The Balaban J connectivity index is 0.936. The van der Waals surface area contributed by atoms with E-state index >= 15 is 0 Å². The summed E-state index contributed by atoms with van der Waals surface area (Å²) in [5.74, 6) is 0. The van der Waals surface area contributed by atoms with Crippen molar-refractivity contribution in [2.45, 2.75) is 26.5 Å². The first-order chi connectivity index (χ1) is 46.1. The van der Waals surface area contributed by atoms with Gasteiger partial charge in [0.25, 0.3) is 6.71 Å². The number of rotatable bonds is 11. The largest absolute Gasteiger partial charge is 0.311 e. The van der Waals surface area contributed by atoms with E-state index in [0.29, 0.717) is 0 Å². The highest BCUT2D eigenvalue weighted by Crippen LogP contribution is 2.53. The fourth-order valence-corrected chi connectivity index (χ4v) is 17.5. The molecular weight excluding hydrogens is 1160 g/mol. The minimum absolute atomic E-state index is 0.00819. The fourth-order valence-electron chi connectivity index (χ4n) is 15.0. The van der Waals surface area contributed by atoms with Crippen molar-refractivity contribution in [3.63, 3.8) is 0 Å². The summed E-state index contributed by atoms with van der Waals surface area (Å²) in [4.78, 5) is 15.3. The smallest absolute Gasteiger partial charge is 0.252 e. The number of anilines is 12. The van der Waals surface area contributed by atoms with Crippen molar-refractivity contribution in [3.8, 4) is 33.4 Å². The molecule has 14 aromatic rings. The number of fused-ring (bicyclic) bond motifs is 8. The second kappa shape index (κ2) is 22.8. The van der Waals surface area contributed by atoms with Gasteiger partial charge < -0.3 is 19.6 Å². The van der Waals surface area contributed by atoms with Gasteiger partial charge >= 0.3 is 0 Å². The van der Waals surface area contributed by atoms with Crippen LogP contribution in [0.1, 0.15) is 5.56 Å². The molecule has 0 bridgehead atoms. The van der Waals surface area contributed by atoms with Crippen LogP contribution in [0.2, 0.25) is 0 Å². The topological polar surface area (TPSA) is 13.0 Å². The lowest BCUT2D eigenvalue weighted by Crippen LogP contribution is -2.64. The third-order valence-electron chi connectivity index (χ3n) is 19.0. The van der Waals surface area contributed by atoms with Crippen LogP contribution < -0.4 is 52.4 Å². The number of hydrogen-bond donors (Lipinski definition) is 0. The van der Waals surface area contributed by atoms with Gasteiger partial charge in [0.1, 0.15) is 0 Å². The summed E-state index contributed by atoms with van der Waals surface area (Å²) in [5.41, 5.74) is 29.5. The normalized spacial score (nSPS) is 12.8. The van der Waals surface area contributed by atoms with Crippen LogP contribution in [-0.2, 0) is 0 Å². The average Bonchev–Trinajstić information content (AvgIpc) is 0.697. The molecule has 0 N–H and O–H groups in total. The number of aryl methyl sites for hydroxylation is 1. The minimum Gasteiger partial charge on any atom is -0.311 e. The van der Waals surface area contributed by atoms with Gasteiger partial charge in [-0.25, -0.2) is 0 Å². The van der Waals surface area contributed by atoms with Gasteiger partial charge in [-0.15, -0.1) is 0 Å². The van der Waals surface area contributed by atoms with Gasteiger partial charge in [0, 0.05) is 81.9 Å². The van der Waals surface area contributed by atoms with Gasteiger partial charge in [-0.2, -0.15) is 0 Å². The number of para-hydroxylation sites is 6. The number of nitrogens with zero attached hydrogens (tertiary/aromatic N) is 4. The second-order valence-electron chi connectivity index (χ2n) is 24.4. The molecule has 8 heteroatoms. The van der Waals surface area contributed by atoms with Crippen molar-refractivity contribution in [3.05, 3.63) is 339 Å². The molecule has 14 aromatic carbocycles. The van der Waals surface area contributed by atoms with E-state index in [2.05, 4.69) is 360 Å². The van der Waals surface area contributed by atoms with E-state index in [-0.39, 0.29) is 13.4 Å². The maximum absolute atomic E-state index is 2.68. The first-order valence-corrected chi connectivity index (χ1v) is 33.6. The highest BCUT2D eigenvalue weighted by atomic mass is 32.2. The van der Waals surface area contributed by atoms with Crippen molar-refractivity contribution in [1.82, 2.24) is 0 Å². The molecule has 0 saturated heterocycles. The fraction of sp³-hybridized carbons (Fsp3) is 0.0118. The third-order valence-corrected chi connectivity index (χ3v) is 21.3. The maximum atomic E-state index is 2.68. The summed E-state index contributed by atoms with van der Waals surface area (Å²) >= 11 is 3.84. The molecule has 0 aromatic heterocycles. The van der Waals surface area contributed by atoms with E-state index < -0.39 is 0 Å². The molecule has 93 heavy (non-hydrogen) atoms. The van der Waals surface area contributed by atoms with Gasteiger partial charge in [-0.05, 0) is 154 Å². The Morgan fingerprint density at radius 2 is 0.774 bits per heavy atom. The van der Waals surface area contributed by atoms with E-state index in [1.54, 1.807) is 0 Å². The summed E-state index contributed by atoms with van der Waals surface area (Å²) in [7, 11) is 0. The van der Waals surface area contributed by atoms with E-state index in [9.17, 15) is 0 Å². The Kier molecular flexibility index (Phi) is 13.5. The van der Waals surface area contributed by atoms with Crippen molar-refractivity contribution in [1.29, 1.82) is 0 Å². The zero-order valence-electron chi connectivity index (χ0n) is 51.0. The first-order valence-electron chi connectivity index (χ1n) is 32.0. The zero-order chi connectivity index (χ0) is 61.5. The third kappa shape index (κ3) is 9.26. The Bertz CT molecular complexity index is 5150. The van der Waals surface area contributed by atoms with Crippen molar-refractivity contribution in [2.75, 3.05) is 19.6 Å². The Morgan fingerprint density at radius 3 is 1.45 bits per heavy atom. The van der Waals surface area contributed by atoms with Crippen LogP contribution in [0.15, 0.2) is 353 Å². The van der Waals surface area contributed by atoms with Crippen LogP contribution >= 0.6 is 23.5 Å². The number of benzene rings is 14. The van der Waals surface area contributed by atoms with Crippen LogP contribution in [-0.4, -0.2) is 13.4 Å².